The van der Waals surface area contributed by atoms with Crippen LogP contribution in [0, 0.1) is 0 Å². The van der Waals surface area contributed by atoms with E-state index in [4.69, 9.17) is 28.4 Å². The van der Waals surface area contributed by atoms with Crippen LogP contribution in [0.2, 0.25) is 0 Å². The average molecular weight is 712 g/mol. The maximum absolute atomic E-state index is 14.1. The predicted molar refractivity (Wildman–Crippen MR) is 178 cm³/mol. The number of methoxy groups -OCH3 is 2. The van der Waals surface area contributed by atoms with Crippen molar-refractivity contribution in [2.75, 3.05) is 61.6 Å². The number of ketones is 2. The maximum Gasteiger partial charge on any atom is 0.254 e. The number of phenols is 2. The Balaban J connectivity index is 1.29. The molecule has 3 saturated heterocycles. The number of aliphatic hydroxyl groups is 1. The molecule has 0 aromatic heterocycles. The van der Waals surface area contributed by atoms with E-state index in [0.29, 0.717) is 32.7 Å². The topological polar surface area (TPSA) is 177 Å². The van der Waals surface area contributed by atoms with Gasteiger partial charge in [-0.05, 0) is 27.1 Å². The third-order valence-corrected chi connectivity index (χ3v) is 10.8. The molecule has 3 N–H and O–H groups in total. The first-order valence-electron chi connectivity index (χ1n) is 17.2. The number of aromatic hydroxyl groups is 2. The maximum atomic E-state index is 14.1. The molecule has 5 aliphatic rings. The number of likely N-dealkylation sites (N-methyl/N-ethyl adjacent to an activating group) is 2. The van der Waals surface area contributed by atoms with Gasteiger partial charge < -0.3 is 53.5 Å². The van der Waals surface area contributed by atoms with Gasteiger partial charge in [0.1, 0.15) is 29.0 Å². The molecule has 276 valence electrons. The molecular formula is C36H45N3O12. The van der Waals surface area contributed by atoms with Crippen LogP contribution in [-0.4, -0.2) is 152 Å². The summed E-state index contributed by atoms with van der Waals surface area (Å²) in [5, 5.41) is 36.0. The Labute approximate surface area is 295 Å². The van der Waals surface area contributed by atoms with Gasteiger partial charge in [0.25, 0.3) is 5.91 Å². The van der Waals surface area contributed by atoms with Crippen LogP contribution in [0.5, 0.6) is 17.2 Å². The van der Waals surface area contributed by atoms with Gasteiger partial charge in [-0.1, -0.05) is 12.1 Å². The highest BCUT2D eigenvalue weighted by atomic mass is 16.7. The molecule has 3 aliphatic heterocycles. The molecule has 15 heteroatoms. The highest BCUT2D eigenvalue weighted by Crippen LogP contribution is 2.53. The van der Waals surface area contributed by atoms with Crippen molar-refractivity contribution in [3.8, 4) is 17.2 Å². The first-order chi connectivity index (χ1) is 24.3. The first-order valence-corrected chi connectivity index (χ1v) is 17.2. The summed E-state index contributed by atoms with van der Waals surface area (Å²) in [6, 6.07) is 4.37. The van der Waals surface area contributed by atoms with E-state index >= 15 is 0 Å². The highest BCUT2D eigenvalue weighted by Gasteiger charge is 2.55. The Bertz CT molecular complexity index is 1750. The fraction of sp³-hybridized carbons (Fsp3) is 0.583. The van der Waals surface area contributed by atoms with Crippen LogP contribution in [0.1, 0.15) is 68.8 Å². The summed E-state index contributed by atoms with van der Waals surface area (Å²) in [6.07, 6.45) is -4.41. The summed E-state index contributed by atoms with van der Waals surface area (Å²) in [7, 11) is 8.22. The number of amides is 1. The Morgan fingerprint density at radius 3 is 2.49 bits per heavy atom. The van der Waals surface area contributed by atoms with E-state index in [-0.39, 0.29) is 46.6 Å². The molecule has 1 amide bonds. The van der Waals surface area contributed by atoms with Crippen molar-refractivity contribution in [3.05, 3.63) is 51.6 Å². The molecule has 7 rings (SSSR count). The van der Waals surface area contributed by atoms with Crippen molar-refractivity contribution in [3.63, 3.8) is 0 Å². The summed E-state index contributed by atoms with van der Waals surface area (Å²) in [5.74, 6) is -3.09. The number of hydrogen-bond donors (Lipinski definition) is 3. The second kappa shape index (κ2) is 13.4. The van der Waals surface area contributed by atoms with Crippen LogP contribution >= 0.6 is 0 Å². The monoisotopic (exact) mass is 711 g/mol. The number of phenolic OH excluding ortho intramolecular Hbond substituents is 2. The van der Waals surface area contributed by atoms with Gasteiger partial charge in [0.2, 0.25) is 5.78 Å². The fourth-order valence-electron chi connectivity index (χ4n) is 8.30. The normalized spacial score (nSPS) is 31.4. The zero-order chi connectivity index (χ0) is 36.5. The molecular weight excluding hydrogens is 666 g/mol. The fourth-order valence-corrected chi connectivity index (χ4v) is 8.30. The van der Waals surface area contributed by atoms with Gasteiger partial charge in [-0.2, -0.15) is 0 Å². The van der Waals surface area contributed by atoms with Crippen LogP contribution in [0.15, 0.2) is 18.2 Å². The summed E-state index contributed by atoms with van der Waals surface area (Å²) < 4.78 is 35.9. The number of fused-ring (bicyclic) bond motifs is 6. The summed E-state index contributed by atoms with van der Waals surface area (Å²) in [5.41, 5.74) is -3.02. The van der Waals surface area contributed by atoms with Gasteiger partial charge in [0, 0.05) is 75.8 Å². The van der Waals surface area contributed by atoms with E-state index in [1.807, 2.05) is 25.9 Å². The molecule has 3 heterocycles. The standard InChI is InChI=1S/C36H45N3O12/c1-17-32-20(39-12-13-48-34(47-6)33(39)51-32)14-23(49-17)50-22-16-36(45,35(44)38(4)11-10-37(2)3)15-19-25(22)31(43)27-26(29(19)41)28(40)18-8-7-9-21(46-5)24(18)30(27)42/h7-9,17,20,22-23,32-34,41,43,45H,10-16H2,1-6H3/t17?,20?,22-,23?,32?,33?,34?,36-/m0/s1. The number of carbonyl (C=O) groups is 3. The minimum atomic E-state index is -2.11. The minimum absolute atomic E-state index is 0.00362. The van der Waals surface area contributed by atoms with Crippen molar-refractivity contribution in [1.29, 1.82) is 0 Å². The Morgan fingerprint density at radius 2 is 1.78 bits per heavy atom. The summed E-state index contributed by atoms with van der Waals surface area (Å²) in [4.78, 5) is 47.4. The zero-order valence-corrected chi connectivity index (χ0v) is 29.6. The molecule has 2 aromatic rings. The molecule has 0 radical (unpaired) electrons. The van der Waals surface area contributed by atoms with Crippen LogP contribution in [0.3, 0.4) is 0 Å². The Kier molecular flexibility index (Phi) is 9.38. The summed E-state index contributed by atoms with van der Waals surface area (Å²) >= 11 is 0. The van der Waals surface area contributed by atoms with Crippen LogP contribution < -0.4 is 4.74 Å². The molecule has 2 aliphatic carbocycles. The number of benzene rings is 2. The van der Waals surface area contributed by atoms with Gasteiger partial charge >= 0.3 is 0 Å². The number of carbonyl (C=O) groups excluding carboxylic acids is 3. The van der Waals surface area contributed by atoms with Gasteiger partial charge in [-0.3, -0.25) is 19.3 Å². The van der Waals surface area contributed by atoms with Crippen LogP contribution in [-0.2, 0) is 34.9 Å². The van der Waals surface area contributed by atoms with Crippen LogP contribution in [0.4, 0.5) is 0 Å². The molecule has 0 saturated carbocycles. The molecule has 15 nitrogen and oxygen atoms in total. The van der Waals surface area contributed by atoms with Gasteiger partial charge in [0.05, 0.1) is 42.6 Å². The molecule has 8 atom stereocenters. The first kappa shape index (κ1) is 35.7. The molecule has 51 heavy (non-hydrogen) atoms. The highest BCUT2D eigenvalue weighted by molar-refractivity contribution is 6.31. The van der Waals surface area contributed by atoms with Crippen molar-refractivity contribution in [2.45, 2.75) is 74.9 Å². The Morgan fingerprint density at radius 1 is 1.04 bits per heavy atom. The van der Waals surface area contributed by atoms with E-state index in [1.54, 1.807) is 20.2 Å². The lowest BCUT2D eigenvalue weighted by Crippen LogP contribution is -2.55. The molecule has 0 spiro atoms. The third-order valence-electron chi connectivity index (χ3n) is 10.8. The smallest absolute Gasteiger partial charge is 0.254 e. The number of nitrogens with zero attached hydrogens (tertiary/aromatic N) is 3. The predicted octanol–water partition coefficient (Wildman–Crippen LogP) is 1.17. The van der Waals surface area contributed by atoms with Gasteiger partial charge in [-0.25, -0.2) is 0 Å². The minimum Gasteiger partial charge on any atom is -0.507 e. The van der Waals surface area contributed by atoms with Gasteiger partial charge in [0.15, 0.2) is 24.6 Å². The van der Waals surface area contributed by atoms with E-state index < -0.39 is 83.1 Å². The van der Waals surface area contributed by atoms with Crippen molar-refractivity contribution in [1.82, 2.24) is 14.7 Å². The molecule has 6 unspecified atom stereocenters. The SMILES string of the molecule is COc1cccc2c1C(=O)c1c(O)c3c(c(O)c1C2=O)C[C@@](O)(C(=O)N(C)CCN(C)C)C[C@@H]3OC1CC2C(OC3C(OC)OCCN23)C(C)O1. The largest absolute Gasteiger partial charge is 0.507 e. The van der Waals surface area contributed by atoms with Crippen molar-refractivity contribution < 1.29 is 58.1 Å². The van der Waals surface area contributed by atoms with Crippen LogP contribution in [0.25, 0.3) is 0 Å². The average Bonchev–Trinajstić information content (AvgIpc) is 3.49. The second-order valence-corrected chi connectivity index (χ2v) is 14.2. The zero-order valence-electron chi connectivity index (χ0n) is 29.6. The number of ether oxygens (including phenoxy) is 6. The quantitative estimate of drug-likeness (QED) is 0.284. The summed E-state index contributed by atoms with van der Waals surface area (Å²) in [6.45, 7) is 3.71. The lowest BCUT2D eigenvalue weighted by molar-refractivity contribution is -0.256. The third kappa shape index (κ3) is 5.80. The molecule has 0 bridgehead atoms. The molecule has 2 aromatic carbocycles. The van der Waals surface area contributed by atoms with E-state index in [9.17, 15) is 29.7 Å². The second-order valence-electron chi connectivity index (χ2n) is 14.2. The molecule has 3 fully saturated rings. The van der Waals surface area contributed by atoms with E-state index in [2.05, 4.69) is 4.90 Å². The number of rotatable bonds is 8. The number of hydrogen-bond acceptors (Lipinski definition) is 14. The van der Waals surface area contributed by atoms with Crippen molar-refractivity contribution in [2.24, 2.45) is 0 Å². The van der Waals surface area contributed by atoms with Crippen molar-refractivity contribution >= 4 is 17.5 Å². The van der Waals surface area contributed by atoms with Gasteiger partial charge in [-0.15, -0.1) is 0 Å². The van der Waals surface area contributed by atoms with E-state index in [1.165, 1.54) is 24.1 Å². The number of morpholine rings is 1. The Hall–Kier alpha value is -3.67. The van der Waals surface area contributed by atoms with E-state index in [0.717, 1.165) is 0 Å². The lowest BCUT2D eigenvalue weighted by Gasteiger charge is -2.44. The lowest BCUT2D eigenvalue weighted by atomic mass is 9.72.